The first-order valence-corrected chi connectivity index (χ1v) is 19.6. The SMILES string of the molecule is Cc1nc(-c2ccc(C)c(N(CCN(C(C)C)S(=O)(=O)c3ccccc3[N+](=O)[O-])C(=O)CNCC(=O)N(C)C3CCN(S(C)(=O)=O)CC3)c2)no1. The van der Waals surface area contributed by atoms with Gasteiger partial charge in [-0.15, -0.1) is 0 Å². The minimum Gasteiger partial charge on any atom is -0.342 e. The molecule has 2 amide bonds. The zero-order valence-electron chi connectivity index (χ0n) is 29.5. The predicted octanol–water partition coefficient (Wildman–Crippen LogP) is 2.17. The lowest BCUT2D eigenvalue weighted by atomic mass is 10.1. The molecule has 1 aliphatic rings. The topological polar surface area (TPSA) is 209 Å². The molecule has 278 valence electrons. The molecule has 17 nitrogen and oxygen atoms in total. The lowest BCUT2D eigenvalue weighted by Gasteiger charge is -2.35. The predicted molar refractivity (Wildman–Crippen MR) is 189 cm³/mol. The Balaban J connectivity index is 1.55. The molecule has 0 unspecified atom stereocenters. The van der Waals surface area contributed by atoms with Crippen molar-refractivity contribution in [3.8, 4) is 11.4 Å². The van der Waals surface area contributed by atoms with Crippen LogP contribution in [-0.2, 0) is 29.6 Å². The van der Waals surface area contributed by atoms with Gasteiger partial charge in [-0.1, -0.05) is 29.4 Å². The second kappa shape index (κ2) is 16.4. The number of nitro groups is 1. The average Bonchev–Trinajstić information content (AvgIpc) is 3.52. The number of nitrogens with zero attached hydrogens (tertiary/aromatic N) is 7. The van der Waals surface area contributed by atoms with Gasteiger partial charge in [-0.05, 0) is 51.3 Å². The number of carbonyl (C=O) groups excluding carboxylic acids is 2. The van der Waals surface area contributed by atoms with Crippen molar-refractivity contribution in [1.82, 2.24) is 29.0 Å². The number of nitro benzene ring substituents is 1. The van der Waals surface area contributed by atoms with Crippen LogP contribution < -0.4 is 10.2 Å². The number of nitrogens with one attached hydrogen (secondary N) is 1. The van der Waals surface area contributed by atoms with Crippen molar-refractivity contribution in [1.29, 1.82) is 0 Å². The zero-order chi connectivity index (χ0) is 37.7. The molecule has 51 heavy (non-hydrogen) atoms. The first kappa shape index (κ1) is 39.5. The highest BCUT2D eigenvalue weighted by molar-refractivity contribution is 7.89. The summed E-state index contributed by atoms with van der Waals surface area (Å²) in [4.78, 5) is 44.8. The van der Waals surface area contributed by atoms with E-state index in [1.807, 2.05) is 0 Å². The average molecular weight is 749 g/mol. The third-order valence-electron chi connectivity index (χ3n) is 8.74. The number of para-hydroxylation sites is 1. The van der Waals surface area contributed by atoms with Crippen LogP contribution in [0.15, 0.2) is 51.9 Å². The van der Waals surface area contributed by atoms with Gasteiger partial charge in [-0.2, -0.15) is 9.29 Å². The summed E-state index contributed by atoms with van der Waals surface area (Å²) in [5, 5.41) is 18.6. The molecule has 1 fully saturated rings. The second-order valence-corrected chi connectivity index (χ2v) is 16.5. The van der Waals surface area contributed by atoms with Crippen LogP contribution in [0.25, 0.3) is 11.4 Å². The molecule has 0 aliphatic carbocycles. The van der Waals surface area contributed by atoms with Gasteiger partial charge in [0.25, 0.3) is 5.69 Å². The van der Waals surface area contributed by atoms with Gasteiger partial charge in [0, 0.05) is 69.6 Å². The molecular formula is C32H44N8O9S2. The smallest absolute Gasteiger partial charge is 0.289 e. The lowest BCUT2D eigenvalue weighted by molar-refractivity contribution is -0.387. The van der Waals surface area contributed by atoms with Gasteiger partial charge in [0.15, 0.2) is 4.90 Å². The monoisotopic (exact) mass is 748 g/mol. The van der Waals surface area contributed by atoms with Crippen LogP contribution in [0.5, 0.6) is 0 Å². The number of anilines is 1. The van der Waals surface area contributed by atoms with Gasteiger partial charge in [0.2, 0.25) is 43.6 Å². The Morgan fingerprint density at radius 2 is 1.69 bits per heavy atom. The molecule has 1 aliphatic heterocycles. The van der Waals surface area contributed by atoms with E-state index in [0.717, 1.165) is 16.6 Å². The van der Waals surface area contributed by atoms with Gasteiger partial charge in [-0.25, -0.2) is 21.1 Å². The highest BCUT2D eigenvalue weighted by Gasteiger charge is 2.34. The third kappa shape index (κ3) is 9.53. The number of aromatic nitrogens is 2. The minimum atomic E-state index is -4.38. The van der Waals surface area contributed by atoms with Crippen molar-refractivity contribution in [2.24, 2.45) is 0 Å². The molecule has 0 spiro atoms. The van der Waals surface area contributed by atoms with Crippen molar-refractivity contribution in [2.75, 3.05) is 57.5 Å². The Kier molecular flexibility index (Phi) is 12.7. The number of likely N-dealkylation sites (N-methyl/N-ethyl adjacent to an activating group) is 1. The maximum absolute atomic E-state index is 13.9. The molecule has 1 aromatic heterocycles. The Morgan fingerprint density at radius 3 is 2.27 bits per heavy atom. The van der Waals surface area contributed by atoms with Crippen LogP contribution in [0.2, 0.25) is 0 Å². The normalized spacial score (nSPS) is 14.6. The zero-order valence-corrected chi connectivity index (χ0v) is 31.1. The number of hydrogen-bond donors (Lipinski definition) is 1. The van der Waals surface area contributed by atoms with Crippen molar-refractivity contribution in [3.05, 3.63) is 64.0 Å². The van der Waals surface area contributed by atoms with E-state index >= 15 is 0 Å². The van der Waals surface area contributed by atoms with Crippen molar-refractivity contribution < 1.29 is 35.9 Å². The molecule has 0 atom stereocenters. The van der Waals surface area contributed by atoms with Crippen LogP contribution in [0.3, 0.4) is 0 Å². The maximum atomic E-state index is 13.9. The van der Waals surface area contributed by atoms with Gasteiger partial charge in [0.05, 0.1) is 24.3 Å². The fraction of sp³-hybridized carbons (Fsp3) is 0.500. The number of aryl methyl sites for hydroxylation is 2. The van der Waals surface area contributed by atoms with E-state index in [2.05, 4.69) is 15.5 Å². The molecule has 0 radical (unpaired) electrons. The van der Waals surface area contributed by atoms with Crippen LogP contribution >= 0.6 is 0 Å². The van der Waals surface area contributed by atoms with Crippen molar-refractivity contribution in [3.63, 3.8) is 0 Å². The van der Waals surface area contributed by atoms with E-state index in [9.17, 15) is 36.5 Å². The summed E-state index contributed by atoms with van der Waals surface area (Å²) >= 11 is 0. The highest BCUT2D eigenvalue weighted by Crippen LogP contribution is 2.30. The molecule has 2 heterocycles. The summed E-state index contributed by atoms with van der Waals surface area (Å²) in [6.45, 7) is 6.51. The van der Waals surface area contributed by atoms with Crippen LogP contribution in [0.4, 0.5) is 11.4 Å². The Labute approximate surface area is 297 Å². The Morgan fingerprint density at radius 1 is 1.04 bits per heavy atom. The van der Waals surface area contributed by atoms with E-state index in [4.69, 9.17) is 4.52 Å². The number of hydrogen-bond acceptors (Lipinski definition) is 12. The number of sulfonamides is 2. The van der Waals surface area contributed by atoms with Gasteiger partial charge in [-0.3, -0.25) is 25.0 Å². The number of benzene rings is 2. The van der Waals surface area contributed by atoms with E-state index < -0.39 is 47.5 Å². The maximum Gasteiger partial charge on any atom is 0.289 e. The minimum absolute atomic E-state index is 0.138. The number of rotatable bonds is 15. The highest BCUT2D eigenvalue weighted by atomic mass is 32.2. The molecule has 3 aromatic rings. The number of piperidine rings is 1. The quantitative estimate of drug-likeness (QED) is 0.175. The fourth-order valence-electron chi connectivity index (χ4n) is 5.90. The summed E-state index contributed by atoms with van der Waals surface area (Å²) in [5.41, 5.74) is 1.11. The van der Waals surface area contributed by atoms with E-state index in [1.54, 1.807) is 57.8 Å². The standard InChI is InChI=1S/C32H44N8O9S2/c1-22(2)39(51(47,48)29-10-8-7-9-27(29)40(43)44)18-17-38(28-19-25(12-11-23(28)3)32-34-24(4)49-35-32)31(42)21-33-20-30(41)36(5)26-13-15-37(16-14-26)50(6,45)46/h7-12,19,22,26,33H,13-18,20-21H2,1-6H3. The van der Waals surface area contributed by atoms with E-state index in [-0.39, 0.29) is 44.0 Å². The van der Waals surface area contributed by atoms with Crippen LogP contribution in [0, 0.1) is 24.0 Å². The van der Waals surface area contributed by atoms with Crippen molar-refractivity contribution >= 4 is 43.2 Å². The van der Waals surface area contributed by atoms with Crippen LogP contribution in [0.1, 0.15) is 38.1 Å². The van der Waals surface area contributed by atoms with Gasteiger partial charge >= 0.3 is 0 Å². The first-order chi connectivity index (χ1) is 23.9. The van der Waals surface area contributed by atoms with Crippen molar-refractivity contribution in [2.45, 2.75) is 57.5 Å². The number of amides is 2. The molecule has 0 saturated carbocycles. The molecule has 1 saturated heterocycles. The second-order valence-electron chi connectivity index (χ2n) is 12.6. The van der Waals surface area contributed by atoms with Gasteiger partial charge in [0.1, 0.15) is 0 Å². The summed E-state index contributed by atoms with van der Waals surface area (Å²) in [6.07, 6.45) is 2.13. The molecule has 1 N–H and O–H groups in total. The summed E-state index contributed by atoms with van der Waals surface area (Å²) in [6, 6.07) is 9.53. The third-order valence-corrected chi connectivity index (χ3v) is 12.2. The largest absolute Gasteiger partial charge is 0.342 e. The first-order valence-electron chi connectivity index (χ1n) is 16.3. The molecular weight excluding hydrogens is 705 g/mol. The van der Waals surface area contributed by atoms with Crippen LogP contribution in [-0.4, -0.2) is 122 Å². The summed E-state index contributed by atoms with van der Waals surface area (Å²) < 4.78 is 59.0. The molecule has 2 aromatic carbocycles. The molecule has 0 bridgehead atoms. The Hall–Kier alpha value is -4.30. The Bertz CT molecular complexity index is 1960. The lowest BCUT2D eigenvalue weighted by Crippen LogP contribution is -2.50. The fourth-order valence-corrected chi connectivity index (χ4v) is 8.56. The van der Waals surface area contributed by atoms with E-state index in [1.165, 1.54) is 27.4 Å². The van der Waals surface area contributed by atoms with Gasteiger partial charge < -0.3 is 14.3 Å². The molecule has 4 rings (SSSR count). The number of carbonyl (C=O) groups is 2. The summed E-state index contributed by atoms with van der Waals surface area (Å²) in [5.74, 6) is -0.117. The van der Waals surface area contributed by atoms with E-state index in [0.29, 0.717) is 48.6 Å². The molecule has 19 heteroatoms. The summed E-state index contributed by atoms with van der Waals surface area (Å²) in [7, 11) is -6.05.